The summed E-state index contributed by atoms with van der Waals surface area (Å²) in [5, 5.41) is 0. The highest BCUT2D eigenvalue weighted by molar-refractivity contribution is 7.89. The Kier molecular flexibility index (Phi) is 5.94. The van der Waals surface area contributed by atoms with Gasteiger partial charge in [0.2, 0.25) is 0 Å². The molecular formula is C17H18F2N2O4S. The molecule has 140 valence electrons. The van der Waals surface area contributed by atoms with Gasteiger partial charge in [-0.05, 0) is 56.2 Å². The van der Waals surface area contributed by atoms with Crippen molar-refractivity contribution < 1.29 is 26.7 Å². The Morgan fingerprint density at radius 3 is 2.46 bits per heavy atom. The predicted molar refractivity (Wildman–Crippen MR) is 90.8 cm³/mol. The van der Waals surface area contributed by atoms with Gasteiger partial charge in [-0.25, -0.2) is 17.2 Å². The number of benzene rings is 2. The van der Waals surface area contributed by atoms with E-state index in [1.54, 1.807) is 12.1 Å². The van der Waals surface area contributed by atoms with Crippen molar-refractivity contribution in [2.45, 2.75) is 31.8 Å². The lowest BCUT2D eigenvalue weighted by Crippen LogP contribution is -2.47. The van der Waals surface area contributed by atoms with Crippen LogP contribution in [0.15, 0.2) is 41.3 Å². The lowest BCUT2D eigenvalue weighted by Gasteiger charge is -2.17. The number of sulfonamides is 1. The summed E-state index contributed by atoms with van der Waals surface area (Å²) in [5.41, 5.74) is 3.83. The summed E-state index contributed by atoms with van der Waals surface area (Å²) in [5.74, 6) is -2.75. The van der Waals surface area contributed by atoms with E-state index in [1.165, 1.54) is 6.92 Å². The molecule has 0 bridgehead atoms. The predicted octanol–water partition coefficient (Wildman–Crippen LogP) is 2.36. The van der Waals surface area contributed by atoms with Gasteiger partial charge in [0.1, 0.15) is 5.75 Å². The molecule has 2 aromatic carbocycles. The van der Waals surface area contributed by atoms with Crippen LogP contribution in [0.5, 0.6) is 5.75 Å². The van der Waals surface area contributed by atoms with Crippen LogP contribution in [-0.4, -0.2) is 20.4 Å². The SMILES string of the molecule is Cc1cccc(O[C@H](C)C(=O)NNS(=O)(=O)c2ccc(F)c(F)c2)c1C. The van der Waals surface area contributed by atoms with E-state index in [2.05, 4.69) is 0 Å². The highest BCUT2D eigenvalue weighted by atomic mass is 32.2. The summed E-state index contributed by atoms with van der Waals surface area (Å²) in [7, 11) is -4.26. The Morgan fingerprint density at radius 2 is 1.81 bits per heavy atom. The summed E-state index contributed by atoms with van der Waals surface area (Å²) in [4.78, 5) is 13.3. The lowest BCUT2D eigenvalue weighted by molar-refractivity contribution is -0.127. The van der Waals surface area contributed by atoms with Crippen molar-refractivity contribution in [2.24, 2.45) is 0 Å². The maximum Gasteiger partial charge on any atom is 0.275 e. The molecular weight excluding hydrogens is 366 g/mol. The van der Waals surface area contributed by atoms with Gasteiger partial charge in [0, 0.05) is 0 Å². The monoisotopic (exact) mass is 384 g/mol. The third kappa shape index (κ3) is 4.55. The summed E-state index contributed by atoms with van der Waals surface area (Å²) in [6.07, 6.45) is -0.997. The molecule has 0 fully saturated rings. The molecule has 0 aliphatic heterocycles. The number of rotatable bonds is 6. The van der Waals surface area contributed by atoms with E-state index in [0.717, 1.165) is 17.2 Å². The molecule has 9 heteroatoms. The molecule has 0 saturated heterocycles. The van der Waals surface area contributed by atoms with Gasteiger partial charge in [-0.15, -0.1) is 4.83 Å². The first-order valence-electron chi connectivity index (χ1n) is 7.61. The maximum absolute atomic E-state index is 13.2. The van der Waals surface area contributed by atoms with Crippen LogP contribution < -0.4 is 15.0 Å². The first-order chi connectivity index (χ1) is 12.1. The second kappa shape index (κ2) is 7.79. The number of hydrogen-bond acceptors (Lipinski definition) is 4. The number of hydrogen-bond donors (Lipinski definition) is 2. The molecule has 0 aliphatic rings. The smallest absolute Gasteiger partial charge is 0.275 e. The summed E-state index contributed by atoms with van der Waals surface area (Å²) < 4.78 is 55.7. The van der Waals surface area contributed by atoms with Gasteiger partial charge in [-0.2, -0.15) is 0 Å². The minimum Gasteiger partial charge on any atom is -0.481 e. The Balaban J connectivity index is 2.02. The number of ether oxygens (including phenoxy) is 1. The van der Waals surface area contributed by atoms with Gasteiger partial charge < -0.3 is 4.74 Å². The minimum atomic E-state index is -4.26. The van der Waals surface area contributed by atoms with Crippen molar-refractivity contribution in [1.82, 2.24) is 10.3 Å². The van der Waals surface area contributed by atoms with Gasteiger partial charge >= 0.3 is 0 Å². The fourth-order valence-corrected chi connectivity index (χ4v) is 2.88. The van der Waals surface area contributed by atoms with Crippen LogP contribution in [-0.2, 0) is 14.8 Å². The number of halogens is 2. The summed E-state index contributed by atoms with van der Waals surface area (Å²) >= 11 is 0. The van der Waals surface area contributed by atoms with E-state index in [9.17, 15) is 22.0 Å². The van der Waals surface area contributed by atoms with Gasteiger partial charge in [0.05, 0.1) is 4.90 Å². The first-order valence-corrected chi connectivity index (χ1v) is 9.09. The van der Waals surface area contributed by atoms with E-state index in [1.807, 2.05) is 30.2 Å². The highest BCUT2D eigenvalue weighted by Crippen LogP contribution is 2.21. The summed E-state index contributed by atoms with van der Waals surface area (Å²) in [6.45, 7) is 5.17. The van der Waals surface area contributed by atoms with Crippen LogP contribution >= 0.6 is 0 Å². The number of carbonyl (C=O) groups is 1. The summed E-state index contributed by atoms with van der Waals surface area (Å²) in [6, 6.07) is 7.43. The Morgan fingerprint density at radius 1 is 1.12 bits per heavy atom. The zero-order chi connectivity index (χ0) is 19.5. The van der Waals surface area contributed by atoms with Crippen molar-refractivity contribution in [3.63, 3.8) is 0 Å². The highest BCUT2D eigenvalue weighted by Gasteiger charge is 2.21. The molecule has 6 nitrogen and oxygen atoms in total. The number of nitrogens with one attached hydrogen (secondary N) is 2. The van der Waals surface area contributed by atoms with E-state index >= 15 is 0 Å². The molecule has 0 aromatic heterocycles. The van der Waals surface area contributed by atoms with Gasteiger partial charge in [0.25, 0.3) is 15.9 Å². The molecule has 0 heterocycles. The molecule has 0 aliphatic carbocycles. The fourth-order valence-electron chi connectivity index (χ4n) is 2.02. The van der Waals surface area contributed by atoms with Crippen molar-refractivity contribution in [3.05, 3.63) is 59.2 Å². The molecule has 0 spiro atoms. The molecule has 2 aromatic rings. The van der Waals surface area contributed by atoms with Crippen molar-refractivity contribution >= 4 is 15.9 Å². The quantitative estimate of drug-likeness (QED) is 0.749. The molecule has 0 unspecified atom stereocenters. The topological polar surface area (TPSA) is 84.5 Å². The molecule has 2 rings (SSSR count). The number of carbonyl (C=O) groups excluding carboxylic acids is 1. The minimum absolute atomic E-state index is 0.496. The fraction of sp³-hybridized carbons (Fsp3) is 0.235. The third-order valence-electron chi connectivity index (χ3n) is 3.74. The van der Waals surface area contributed by atoms with E-state index in [4.69, 9.17) is 4.74 Å². The van der Waals surface area contributed by atoms with Crippen molar-refractivity contribution in [3.8, 4) is 5.75 Å². The second-order valence-corrected chi connectivity index (χ2v) is 7.31. The van der Waals surface area contributed by atoms with Crippen LogP contribution in [0.4, 0.5) is 8.78 Å². The normalized spacial score (nSPS) is 12.5. The molecule has 0 radical (unpaired) electrons. The van der Waals surface area contributed by atoms with Crippen molar-refractivity contribution in [1.29, 1.82) is 0 Å². The Bertz CT molecular complexity index is 932. The molecule has 1 amide bonds. The Labute approximate surface area is 150 Å². The average molecular weight is 384 g/mol. The van der Waals surface area contributed by atoms with Gasteiger partial charge in [0.15, 0.2) is 17.7 Å². The standard InChI is InChI=1S/C17H18F2N2O4S/c1-10-5-4-6-16(11(10)2)25-12(3)17(22)20-21-26(23,24)13-7-8-14(18)15(19)9-13/h4-9,12,21H,1-3H3,(H,20,22)/t12-/m1/s1. The average Bonchev–Trinajstić information content (AvgIpc) is 2.59. The molecule has 0 saturated carbocycles. The van der Waals surface area contributed by atoms with Crippen LogP contribution in [0.1, 0.15) is 18.1 Å². The van der Waals surface area contributed by atoms with Gasteiger partial charge in [-0.1, -0.05) is 12.1 Å². The van der Waals surface area contributed by atoms with Gasteiger partial charge in [-0.3, -0.25) is 10.2 Å². The molecule has 1 atom stereocenters. The zero-order valence-electron chi connectivity index (χ0n) is 14.3. The number of amides is 1. The molecule has 2 N–H and O–H groups in total. The lowest BCUT2D eigenvalue weighted by atomic mass is 10.1. The molecule has 26 heavy (non-hydrogen) atoms. The number of hydrazine groups is 1. The zero-order valence-corrected chi connectivity index (χ0v) is 15.2. The maximum atomic E-state index is 13.2. The Hall–Kier alpha value is -2.52. The van der Waals surface area contributed by atoms with E-state index in [-0.39, 0.29) is 0 Å². The van der Waals surface area contributed by atoms with E-state index in [0.29, 0.717) is 17.9 Å². The van der Waals surface area contributed by atoms with Crippen LogP contribution in [0.2, 0.25) is 0 Å². The number of aryl methyl sites for hydroxylation is 1. The van der Waals surface area contributed by atoms with Crippen LogP contribution in [0, 0.1) is 25.5 Å². The first kappa shape index (κ1) is 19.8. The second-order valence-electron chi connectivity index (χ2n) is 5.63. The third-order valence-corrected chi connectivity index (χ3v) is 4.98. The largest absolute Gasteiger partial charge is 0.481 e. The van der Waals surface area contributed by atoms with Crippen molar-refractivity contribution in [2.75, 3.05) is 0 Å². The van der Waals surface area contributed by atoms with Crippen LogP contribution in [0.3, 0.4) is 0 Å². The van der Waals surface area contributed by atoms with E-state index < -0.39 is 38.6 Å². The van der Waals surface area contributed by atoms with Crippen LogP contribution in [0.25, 0.3) is 0 Å².